The monoisotopic (exact) mass is 235 g/mol. The lowest BCUT2D eigenvalue weighted by molar-refractivity contribution is 0.320. The number of benzene rings is 1. The standard InChI is InChI=1S/C8H10ClNO3S/c9-7-2-1-3-8(6-7)10-14(12,13)5-4-11/h1-3,6,10-11H,4-5H2. The van der Waals surface area contributed by atoms with Crippen molar-refractivity contribution >= 4 is 27.3 Å². The number of hydrogen-bond acceptors (Lipinski definition) is 3. The summed E-state index contributed by atoms with van der Waals surface area (Å²) in [5.41, 5.74) is 0.394. The zero-order valence-electron chi connectivity index (χ0n) is 7.27. The first-order chi connectivity index (χ1) is 6.53. The van der Waals surface area contributed by atoms with Gasteiger partial charge in [0.1, 0.15) is 0 Å². The molecule has 0 saturated heterocycles. The van der Waals surface area contributed by atoms with E-state index in [1.807, 2.05) is 0 Å². The maximum atomic E-state index is 11.2. The fraction of sp³-hybridized carbons (Fsp3) is 0.250. The summed E-state index contributed by atoms with van der Waals surface area (Å²) in [6.07, 6.45) is 0. The van der Waals surface area contributed by atoms with Gasteiger partial charge < -0.3 is 5.11 Å². The van der Waals surface area contributed by atoms with Gasteiger partial charge in [0.25, 0.3) is 0 Å². The van der Waals surface area contributed by atoms with Crippen molar-refractivity contribution in [2.75, 3.05) is 17.1 Å². The molecule has 1 aromatic carbocycles. The van der Waals surface area contributed by atoms with E-state index in [1.165, 1.54) is 6.07 Å². The zero-order valence-corrected chi connectivity index (χ0v) is 8.85. The molecule has 0 unspecified atom stereocenters. The lowest BCUT2D eigenvalue weighted by atomic mass is 10.3. The largest absolute Gasteiger partial charge is 0.395 e. The molecule has 0 aliphatic heterocycles. The van der Waals surface area contributed by atoms with Gasteiger partial charge in [-0.05, 0) is 18.2 Å². The second kappa shape index (κ2) is 4.63. The highest BCUT2D eigenvalue weighted by Crippen LogP contribution is 2.15. The van der Waals surface area contributed by atoms with E-state index in [0.717, 1.165) is 0 Å². The molecular formula is C8H10ClNO3S. The van der Waals surface area contributed by atoms with Crippen LogP contribution >= 0.6 is 11.6 Å². The Labute approximate surface area is 87.6 Å². The summed E-state index contributed by atoms with van der Waals surface area (Å²) >= 11 is 5.67. The molecule has 0 amide bonds. The average molecular weight is 236 g/mol. The molecule has 14 heavy (non-hydrogen) atoms. The molecule has 0 aliphatic rings. The Hall–Kier alpha value is -0.780. The molecule has 2 N–H and O–H groups in total. The van der Waals surface area contributed by atoms with Crippen LogP contribution in [0.5, 0.6) is 0 Å². The van der Waals surface area contributed by atoms with Gasteiger partial charge in [0, 0.05) is 10.7 Å². The van der Waals surface area contributed by atoms with Crippen LogP contribution in [-0.2, 0) is 10.0 Å². The van der Waals surface area contributed by atoms with E-state index in [9.17, 15) is 8.42 Å². The highest BCUT2D eigenvalue weighted by Gasteiger charge is 2.08. The van der Waals surface area contributed by atoms with E-state index in [0.29, 0.717) is 10.7 Å². The fourth-order valence-corrected chi connectivity index (χ4v) is 1.92. The van der Waals surface area contributed by atoms with Crippen molar-refractivity contribution in [2.45, 2.75) is 0 Å². The van der Waals surface area contributed by atoms with Crippen LogP contribution in [0.15, 0.2) is 24.3 Å². The molecule has 6 heteroatoms. The molecule has 78 valence electrons. The molecule has 1 aromatic rings. The van der Waals surface area contributed by atoms with Crippen molar-refractivity contribution < 1.29 is 13.5 Å². The second-order valence-electron chi connectivity index (χ2n) is 2.65. The topological polar surface area (TPSA) is 66.4 Å². The minimum atomic E-state index is -3.46. The number of halogens is 1. The Morgan fingerprint density at radius 3 is 2.71 bits per heavy atom. The quantitative estimate of drug-likeness (QED) is 0.821. The molecule has 0 atom stereocenters. The Kier molecular flexibility index (Phi) is 3.74. The first kappa shape index (κ1) is 11.3. The van der Waals surface area contributed by atoms with Crippen LogP contribution in [0, 0.1) is 0 Å². The van der Waals surface area contributed by atoms with Gasteiger partial charge in [0.2, 0.25) is 10.0 Å². The number of nitrogens with one attached hydrogen (secondary N) is 1. The van der Waals surface area contributed by atoms with Gasteiger partial charge in [0.05, 0.1) is 12.4 Å². The molecule has 0 bridgehead atoms. The molecule has 0 spiro atoms. The van der Waals surface area contributed by atoms with Crippen LogP contribution in [-0.4, -0.2) is 25.9 Å². The first-order valence-electron chi connectivity index (χ1n) is 3.90. The van der Waals surface area contributed by atoms with Crippen LogP contribution in [0.4, 0.5) is 5.69 Å². The summed E-state index contributed by atoms with van der Waals surface area (Å²) in [5.74, 6) is -0.320. The zero-order chi connectivity index (χ0) is 10.6. The number of aliphatic hydroxyl groups is 1. The molecule has 0 aliphatic carbocycles. The minimum Gasteiger partial charge on any atom is -0.395 e. The maximum Gasteiger partial charge on any atom is 0.234 e. The van der Waals surface area contributed by atoms with Crippen molar-refractivity contribution in [2.24, 2.45) is 0 Å². The summed E-state index contributed by atoms with van der Waals surface area (Å²) in [5, 5.41) is 8.94. The van der Waals surface area contributed by atoms with E-state index in [4.69, 9.17) is 16.7 Å². The Balaban J connectivity index is 2.79. The van der Waals surface area contributed by atoms with Gasteiger partial charge in [0.15, 0.2) is 0 Å². The predicted octanol–water partition coefficient (Wildman–Crippen LogP) is 1.07. The highest BCUT2D eigenvalue weighted by atomic mass is 35.5. The average Bonchev–Trinajstić information content (AvgIpc) is 2.02. The first-order valence-corrected chi connectivity index (χ1v) is 5.93. The number of anilines is 1. The summed E-state index contributed by atoms with van der Waals surface area (Å²) in [7, 11) is -3.46. The lowest BCUT2D eigenvalue weighted by Gasteiger charge is -2.06. The molecule has 1 rings (SSSR count). The number of hydrogen-bond donors (Lipinski definition) is 2. The van der Waals surface area contributed by atoms with Gasteiger partial charge >= 0.3 is 0 Å². The van der Waals surface area contributed by atoms with Gasteiger partial charge in [-0.15, -0.1) is 0 Å². The highest BCUT2D eigenvalue weighted by molar-refractivity contribution is 7.92. The van der Waals surface area contributed by atoms with Crippen molar-refractivity contribution in [3.05, 3.63) is 29.3 Å². The number of sulfonamides is 1. The van der Waals surface area contributed by atoms with E-state index in [1.54, 1.807) is 18.2 Å². The third-order valence-corrected chi connectivity index (χ3v) is 2.96. The van der Waals surface area contributed by atoms with Gasteiger partial charge in [-0.1, -0.05) is 17.7 Å². The summed E-state index contributed by atoms with van der Waals surface area (Å²) in [6.45, 7) is -0.407. The third kappa shape index (κ3) is 3.53. The minimum absolute atomic E-state index is 0.320. The summed E-state index contributed by atoms with van der Waals surface area (Å²) in [6, 6.07) is 6.36. The normalized spacial score (nSPS) is 11.3. The molecule has 4 nitrogen and oxygen atoms in total. The Bertz CT molecular complexity index is 405. The SMILES string of the molecule is O=S(=O)(CCO)Nc1cccc(Cl)c1. The van der Waals surface area contributed by atoms with Crippen LogP contribution < -0.4 is 4.72 Å². The van der Waals surface area contributed by atoms with Crippen LogP contribution in [0.3, 0.4) is 0 Å². The van der Waals surface area contributed by atoms with Gasteiger partial charge in [-0.25, -0.2) is 8.42 Å². The van der Waals surface area contributed by atoms with E-state index >= 15 is 0 Å². The van der Waals surface area contributed by atoms with Crippen molar-refractivity contribution in [1.29, 1.82) is 0 Å². The fourth-order valence-electron chi connectivity index (χ4n) is 0.903. The van der Waals surface area contributed by atoms with E-state index in [-0.39, 0.29) is 5.75 Å². The second-order valence-corrected chi connectivity index (χ2v) is 4.93. The van der Waals surface area contributed by atoms with E-state index in [2.05, 4.69) is 4.72 Å². The molecule has 0 saturated carbocycles. The van der Waals surface area contributed by atoms with Crippen LogP contribution in [0.2, 0.25) is 5.02 Å². The van der Waals surface area contributed by atoms with Gasteiger partial charge in [-0.3, -0.25) is 4.72 Å². The van der Waals surface area contributed by atoms with Crippen LogP contribution in [0.1, 0.15) is 0 Å². The predicted molar refractivity (Wildman–Crippen MR) is 55.9 cm³/mol. The van der Waals surface area contributed by atoms with Crippen molar-refractivity contribution in [3.63, 3.8) is 0 Å². The smallest absolute Gasteiger partial charge is 0.234 e. The van der Waals surface area contributed by atoms with Gasteiger partial charge in [-0.2, -0.15) is 0 Å². The molecule has 0 radical (unpaired) electrons. The Morgan fingerprint density at radius 2 is 2.14 bits per heavy atom. The maximum absolute atomic E-state index is 11.2. The molecular weight excluding hydrogens is 226 g/mol. The summed E-state index contributed by atoms with van der Waals surface area (Å²) < 4.78 is 24.7. The number of rotatable bonds is 4. The molecule has 0 aromatic heterocycles. The van der Waals surface area contributed by atoms with Crippen LogP contribution in [0.25, 0.3) is 0 Å². The third-order valence-electron chi connectivity index (χ3n) is 1.46. The van der Waals surface area contributed by atoms with Crippen molar-refractivity contribution in [1.82, 2.24) is 0 Å². The Morgan fingerprint density at radius 1 is 1.43 bits per heavy atom. The molecule has 0 heterocycles. The number of aliphatic hydroxyl groups excluding tert-OH is 1. The van der Waals surface area contributed by atoms with Crippen molar-refractivity contribution in [3.8, 4) is 0 Å². The lowest BCUT2D eigenvalue weighted by Crippen LogP contribution is -2.18. The summed E-state index contributed by atoms with van der Waals surface area (Å²) in [4.78, 5) is 0. The molecule has 0 fully saturated rings. The van der Waals surface area contributed by atoms with E-state index < -0.39 is 16.6 Å².